The Hall–Kier alpha value is -5.73. The van der Waals surface area contributed by atoms with Crippen LogP contribution in [0, 0.1) is 50.1 Å². The number of halogens is 26. The van der Waals surface area contributed by atoms with Gasteiger partial charge in [-0.25, -0.2) is 69.8 Å². The number of carbonyl (C=O) groups is 4. The fourth-order valence-corrected chi connectivity index (χ4v) is 16.2. The number of ether oxygens (including phenoxy) is 4. The largest absolute Gasteiger partial charge is 0.460 e. The number of nitrogen functional groups attached to an aromatic ring is 4. The van der Waals surface area contributed by atoms with Crippen LogP contribution in [0.15, 0.2) is 152 Å². The number of rotatable bonds is 10. The van der Waals surface area contributed by atoms with Gasteiger partial charge in [-0.1, -0.05) is 174 Å². The first-order chi connectivity index (χ1) is 67.9. The number of esters is 1. The Labute approximate surface area is 951 Å². The zero-order chi connectivity index (χ0) is 108. The summed E-state index contributed by atoms with van der Waals surface area (Å²) in [6.07, 6.45) is 3.03. The second kappa shape index (κ2) is 66.2. The van der Waals surface area contributed by atoms with Crippen molar-refractivity contribution in [2.45, 2.75) is 54.1 Å². The topological polar surface area (TPSA) is 476 Å². The molecule has 8 aromatic carbocycles. The zero-order valence-electron chi connectivity index (χ0n) is 75.6. The van der Waals surface area contributed by atoms with E-state index >= 15 is 0 Å². The summed E-state index contributed by atoms with van der Waals surface area (Å²) in [6, 6.07) is 25.6. The van der Waals surface area contributed by atoms with Crippen molar-refractivity contribution < 1.29 is 77.8 Å². The van der Waals surface area contributed by atoms with Crippen LogP contribution in [0.5, 0.6) is 0 Å². The highest BCUT2D eigenvalue weighted by Crippen LogP contribution is 2.61. The number of aromatic nitrogens is 12. The number of hydrazine groups is 1. The molecule has 14 aromatic rings. The smallest absolute Gasteiger partial charge is 0.374 e. The summed E-state index contributed by atoms with van der Waals surface area (Å²) >= 11 is 65.7. The minimum atomic E-state index is -3.22. The first-order valence-electron chi connectivity index (χ1n) is 40.5. The van der Waals surface area contributed by atoms with Crippen LogP contribution >= 0.6 is 266 Å². The summed E-state index contributed by atoms with van der Waals surface area (Å²) in [5.74, 6) is 2.56. The number of likely N-dealkylation sites (N-methyl/N-ethyl adjacent to an activating group) is 2. The summed E-state index contributed by atoms with van der Waals surface area (Å²) < 4.78 is 144. The number of hydrogen-bond donors (Lipinski definition) is 9. The Kier molecular flexibility index (Phi) is 60.0. The van der Waals surface area contributed by atoms with Gasteiger partial charge in [0.2, 0.25) is 17.2 Å². The van der Waals surface area contributed by atoms with E-state index in [4.69, 9.17) is 89.3 Å². The van der Waals surface area contributed by atoms with Crippen molar-refractivity contribution in [3.63, 3.8) is 0 Å². The number of anilines is 6. The molecular formula is C84H85Br8Cl8F8I2N24O9P. The number of nitrogens with one attached hydrogen (secondary N) is 2. The summed E-state index contributed by atoms with van der Waals surface area (Å²) in [6.45, 7) is 18.7. The van der Waals surface area contributed by atoms with Gasteiger partial charge in [-0.05, 0) is 216 Å². The first kappa shape index (κ1) is 131. The Morgan fingerprint density at radius 2 is 0.903 bits per heavy atom. The van der Waals surface area contributed by atoms with E-state index < -0.39 is 64.2 Å². The van der Waals surface area contributed by atoms with Crippen molar-refractivity contribution in [2.24, 2.45) is 17.4 Å². The van der Waals surface area contributed by atoms with E-state index in [-0.39, 0.29) is 103 Å². The van der Waals surface area contributed by atoms with Crippen molar-refractivity contribution >= 4 is 379 Å². The Morgan fingerprint density at radius 3 is 1.35 bits per heavy atom. The number of nitrogens with zero attached hydrogens (tertiary/aromatic N) is 15. The van der Waals surface area contributed by atoms with Crippen molar-refractivity contribution in [1.29, 1.82) is 0 Å². The molecule has 2 fully saturated rings. The molecule has 6 aromatic heterocycles. The van der Waals surface area contributed by atoms with Crippen molar-refractivity contribution in [3.8, 4) is 0 Å². The predicted molar refractivity (Wildman–Crippen MR) is 598 cm³/mol. The van der Waals surface area contributed by atoms with E-state index in [0.29, 0.717) is 112 Å². The predicted octanol–water partition coefficient (Wildman–Crippen LogP) is 23.8. The highest BCUT2D eigenvalue weighted by atomic mass is 127. The summed E-state index contributed by atoms with van der Waals surface area (Å²) in [5, 5.41) is 18.3. The van der Waals surface area contributed by atoms with Crippen molar-refractivity contribution in [2.75, 3.05) is 126 Å². The maximum atomic E-state index is 14.3. The van der Waals surface area contributed by atoms with Crippen LogP contribution < -0.4 is 55.9 Å². The lowest BCUT2D eigenvalue weighted by Gasteiger charge is -2.33. The number of benzene rings is 8. The Balaban J connectivity index is 0.000000332. The van der Waals surface area contributed by atoms with Crippen LogP contribution in [0.2, 0.25) is 20.6 Å². The number of piperazine rings is 2. The van der Waals surface area contributed by atoms with Gasteiger partial charge in [0.05, 0.1) is 62.8 Å². The molecule has 3 aliphatic rings. The minimum Gasteiger partial charge on any atom is -0.460 e. The molecule has 0 atom stereocenters. The highest BCUT2D eigenvalue weighted by Gasteiger charge is 2.27. The average Bonchev–Trinajstić information content (AvgIpc) is 1.61. The van der Waals surface area contributed by atoms with Crippen LogP contribution in [-0.4, -0.2) is 192 Å². The molecule has 17 rings (SSSR count). The second-order valence-electron chi connectivity index (χ2n) is 27.9. The second-order valence-corrected chi connectivity index (χ2v) is 44.4. The normalized spacial score (nSPS) is 12.4. The molecule has 3 aliphatic heterocycles. The average molecular weight is 2930 g/mol. The van der Waals surface area contributed by atoms with Crippen LogP contribution in [0.25, 0.3) is 55.4 Å². The van der Waals surface area contributed by atoms with Gasteiger partial charge in [0.25, 0.3) is 12.4 Å². The van der Waals surface area contributed by atoms with E-state index in [2.05, 4.69) is 276 Å². The standard InChI is InChI=1S/C14H14BrFN6.C9H3BrClFN4.C9H6BrClFN3.C9H5BrFNO2.C8H2BrCl2FN2.C7H16O3.C6H4BrFIN.C6H6BrFN2.C6H5BrFN.C5H12N2.C5H8O3.Cl3OP.ClI.H4N2/c1-20-2-4-21(5-3-20)13-14-19-17-8-22(14)11-7-9(15)6-10(16)12(11)18-13;10-4-1-5(12)7-6(2-4)16-3-13-15-9(16)8(11)14-7;10-4-1-5(12)8-6(2-4)14-7(3-13)9(11)15-8;10-5-1-4-2-7(13)9(14)12-8(4)6(11)3-5;9-3-1-4(12)6-5(2-3)13-7(10)8(11)14-6;1-4-8-7(9-5-2)10-6-3;2*7-3-1-4(8)6(10)5(9)2-3;7-4-1-2-6(9)5(8)3-4;1-7-4-2-6-3-5-7;1-3-8-5(7)4(2)6;1-5(2,3)4;2*1-2/h6-8H,2-5H2,1H3;1-3H;1-2H,3,13H2;1,3H,2H2,(H,12,14);1-2H;7H,4-6H2,1-3H3;1-2H,10H2;1-2H,9-10H2;1-3H,9H2;6H,2-5H2,1H3;3H2,1-2H3;;;1-2H2. The van der Waals surface area contributed by atoms with Crippen molar-refractivity contribution in [1.82, 2.24) is 74.2 Å². The monoisotopic (exact) mass is 2920 g/mol. The van der Waals surface area contributed by atoms with Gasteiger partial charge >= 0.3 is 11.2 Å². The minimum absolute atomic E-state index is 0.000360. The zero-order valence-corrected chi connectivity index (χ0v) is 99.6. The fourth-order valence-electron chi connectivity index (χ4n) is 11.2. The maximum Gasteiger partial charge on any atom is 0.374 e. The third kappa shape index (κ3) is 43.6. The van der Waals surface area contributed by atoms with E-state index in [0.717, 1.165) is 42.8 Å². The molecule has 782 valence electrons. The lowest BCUT2D eigenvalue weighted by atomic mass is 10.0. The lowest BCUT2D eigenvalue weighted by Crippen LogP contribution is -2.45. The molecule has 16 N–H and O–H groups in total. The molecule has 0 bridgehead atoms. The van der Waals surface area contributed by atoms with Gasteiger partial charge in [0, 0.05) is 153 Å². The lowest BCUT2D eigenvalue weighted by molar-refractivity contribution is -0.282. The molecule has 33 nitrogen and oxygen atoms in total. The summed E-state index contributed by atoms with van der Waals surface area (Å²) in [4.78, 5) is 73.2. The van der Waals surface area contributed by atoms with Crippen LogP contribution in [-0.2, 0) is 55.7 Å². The SMILES string of the molecule is CCOC(=O)C(C)=O.CCOC(OCC)OCC.CN1CCN(c2nc3c(F)cc(Br)cc3n3cnnc23)CC1.CN1CCNCC1.ClI.Fc1cc(Br)cc2c1nc(Cl)c1nncn12.Fc1cc(Br)cc2nc(Cl)c(Cl)nc12.NCc1nc2cc(Br)cc(F)c2nc1Cl.NN.Nc1c(F)cc(Br)cc1I.Nc1cc(Br)cc(F)c1N.Nc1ccc(Br)cc1F.O=C1Cc2cc(Br)cc(F)c2NC1=O.O=P(Cl)(Cl)Cl. The first-order valence-corrected chi connectivity index (χ1v) is 56.6. The van der Waals surface area contributed by atoms with Gasteiger partial charge in [-0.2, -0.15) is 0 Å². The molecule has 2 saturated heterocycles. The molecular weight excluding hydrogens is 2850 g/mol. The molecule has 0 aliphatic carbocycles. The van der Waals surface area contributed by atoms with Crippen LogP contribution in [0.4, 0.5) is 69.4 Å². The van der Waals surface area contributed by atoms with Gasteiger partial charge in [0.1, 0.15) is 58.0 Å². The van der Waals surface area contributed by atoms with Crippen molar-refractivity contribution in [3.05, 3.63) is 234 Å². The Morgan fingerprint density at radius 1 is 0.493 bits per heavy atom. The number of ketones is 2. The molecule has 0 unspecified atom stereocenters. The van der Waals surface area contributed by atoms with E-state index in [1.54, 1.807) is 86.0 Å². The van der Waals surface area contributed by atoms with Gasteiger partial charge in [0.15, 0.2) is 55.3 Å². The summed E-state index contributed by atoms with van der Waals surface area (Å²) in [7, 11) is 8.85. The van der Waals surface area contributed by atoms with Gasteiger partial charge in [-0.3, -0.25) is 39.4 Å². The molecule has 0 radical (unpaired) electrons. The molecule has 0 spiro atoms. The molecule has 0 saturated carbocycles. The molecule has 144 heavy (non-hydrogen) atoms. The van der Waals surface area contributed by atoms with Crippen LogP contribution in [0.1, 0.15) is 45.9 Å². The molecule has 60 heteroatoms. The quantitative estimate of drug-likeness (QED) is 0.00706. The number of carbonyl (C=O) groups excluding carboxylic acids is 4. The number of Topliss-reactive ketones (excluding diaryl/α,β-unsaturated/α-hetero) is 2. The maximum absolute atomic E-state index is 14.3. The van der Waals surface area contributed by atoms with Crippen LogP contribution in [0.3, 0.4) is 0 Å². The number of fused-ring (bicyclic) bond motifs is 9. The third-order valence-corrected chi connectivity index (χ3v) is 23.5. The fraction of sp³-hybridized carbons (Fsp3) is 0.262. The van der Waals surface area contributed by atoms with Gasteiger partial charge < -0.3 is 72.9 Å². The van der Waals surface area contributed by atoms with E-state index in [9.17, 15) is 58.9 Å². The number of nitrogens with two attached hydrogens (primary N) is 7. The number of amides is 1. The molecule has 9 heterocycles. The van der Waals surface area contributed by atoms with E-state index in [1.807, 2.05) is 49.4 Å². The highest BCUT2D eigenvalue weighted by molar-refractivity contribution is 14.1. The van der Waals surface area contributed by atoms with E-state index in [1.165, 1.54) is 80.9 Å². The third-order valence-electron chi connectivity index (χ3n) is 17.7. The molecule has 1 amide bonds. The summed E-state index contributed by atoms with van der Waals surface area (Å²) in [5.41, 5.74) is 32.1. The van der Waals surface area contributed by atoms with Gasteiger partial charge in [-0.15, -0.1) is 20.4 Å². The Bertz CT molecular complexity index is 6630. The number of hydrogen-bond acceptors (Lipinski definition) is 30.